The molecule has 1 N–H and O–H groups in total. The van der Waals surface area contributed by atoms with Crippen LogP contribution in [0.4, 0.5) is 5.69 Å². The molecule has 0 amide bonds. The summed E-state index contributed by atoms with van der Waals surface area (Å²) in [6.07, 6.45) is -0.298. The number of ether oxygens (including phenoxy) is 1. The molecule has 0 bridgehead atoms. The molecule has 2 aromatic carbocycles. The number of nitrogens with one attached hydrogen (secondary N) is 1. The van der Waals surface area contributed by atoms with Gasteiger partial charge in [0.1, 0.15) is 11.1 Å². The van der Waals surface area contributed by atoms with Crippen LogP contribution < -0.4 is 5.43 Å². The van der Waals surface area contributed by atoms with Crippen molar-refractivity contribution in [2.24, 2.45) is 5.10 Å². The molecule has 0 spiro atoms. The Labute approximate surface area is 149 Å². The van der Waals surface area contributed by atoms with Crippen LogP contribution in [0.3, 0.4) is 0 Å². The number of para-hydroxylation sites is 1. The highest BCUT2D eigenvalue weighted by molar-refractivity contribution is 6.48. The summed E-state index contributed by atoms with van der Waals surface area (Å²) in [4.78, 5) is 11.5. The second-order valence-electron chi connectivity index (χ2n) is 5.16. The van der Waals surface area contributed by atoms with Gasteiger partial charge in [-0.2, -0.15) is 5.10 Å². The highest BCUT2D eigenvalue weighted by atomic mass is 35.5. The second-order valence-corrected chi connectivity index (χ2v) is 5.95. The van der Waals surface area contributed by atoms with Crippen molar-refractivity contribution in [1.82, 2.24) is 0 Å². The Morgan fingerprint density at radius 3 is 2.25 bits per heavy atom. The maximum Gasteiger partial charge on any atom is 0.351 e. The van der Waals surface area contributed by atoms with E-state index in [9.17, 15) is 4.79 Å². The van der Waals surface area contributed by atoms with Crippen LogP contribution in [-0.4, -0.2) is 17.8 Å². The van der Waals surface area contributed by atoms with Crippen molar-refractivity contribution in [3.05, 3.63) is 76.3 Å². The Kier molecular flexibility index (Phi) is 5.18. The van der Waals surface area contributed by atoms with E-state index in [4.69, 9.17) is 27.9 Å². The standard InChI is InChI=1S/C18H14Cl2N2O2/c19-16-15(24-18(23)17(16)20)11-14(12-7-3-1-4-8-12)22-21-13-9-5-2-6-10-13/h1-10,15,21H,11H2/b22-14-/t15-/m1/s1. The van der Waals surface area contributed by atoms with E-state index in [1.54, 1.807) is 0 Å². The third-order valence-corrected chi connectivity index (χ3v) is 4.39. The molecule has 0 aliphatic carbocycles. The van der Waals surface area contributed by atoms with E-state index in [-0.39, 0.29) is 10.1 Å². The topological polar surface area (TPSA) is 50.7 Å². The molecule has 0 unspecified atom stereocenters. The minimum atomic E-state index is -0.622. The molecule has 1 aliphatic heterocycles. The van der Waals surface area contributed by atoms with Gasteiger partial charge in [0.15, 0.2) is 0 Å². The predicted octanol–water partition coefficient (Wildman–Crippen LogP) is 4.51. The number of carbonyl (C=O) groups excluding carboxylic acids is 1. The van der Waals surface area contributed by atoms with Gasteiger partial charge in [-0.15, -0.1) is 0 Å². The average molecular weight is 361 g/mol. The summed E-state index contributed by atoms with van der Waals surface area (Å²) in [7, 11) is 0. The number of cyclic esters (lactones) is 1. The van der Waals surface area contributed by atoms with Crippen molar-refractivity contribution >= 4 is 40.6 Å². The fourth-order valence-electron chi connectivity index (χ4n) is 2.28. The summed E-state index contributed by atoms with van der Waals surface area (Å²) >= 11 is 11.9. The van der Waals surface area contributed by atoms with Gasteiger partial charge >= 0.3 is 5.97 Å². The van der Waals surface area contributed by atoms with Gasteiger partial charge in [-0.25, -0.2) is 4.79 Å². The summed E-state index contributed by atoms with van der Waals surface area (Å²) in [5.74, 6) is -0.602. The first kappa shape index (κ1) is 16.6. The molecule has 0 saturated heterocycles. The largest absolute Gasteiger partial charge is 0.452 e. The molecular weight excluding hydrogens is 347 g/mol. The first-order chi connectivity index (χ1) is 11.6. The zero-order valence-corrected chi connectivity index (χ0v) is 14.1. The number of rotatable bonds is 5. The normalized spacial score (nSPS) is 17.8. The molecule has 6 heteroatoms. The third-order valence-electron chi connectivity index (χ3n) is 3.50. The van der Waals surface area contributed by atoms with Crippen LogP contribution in [0.5, 0.6) is 0 Å². The van der Waals surface area contributed by atoms with Crippen molar-refractivity contribution in [2.45, 2.75) is 12.5 Å². The molecule has 1 atom stereocenters. The van der Waals surface area contributed by atoms with Crippen LogP contribution in [0.15, 0.2) is 75.8 Å². The van der Waals surface area contributed by atoms with Crippen molar-refractivity contribution in [2.75, 3.05) is 5.43 Å². The van der Waals surface area contributed by atoms with Gasteiger partial charge in [-0.3, -0.25) is 5.43 Å². The van der Waals surface area contributed by atoms with Gasteiger partial charge in [-0.05, 0) is 17.7 Å². The molecule has 24 heavy (non-hydrogen) atoms. The first-order valence-corrected chi connectivity index (χ1v) is 8.10. The van der Waals surface area contributed by atoms with Crippen LogP contribution in [0.2, 0.25) is 0 Å². The number of nitrogens with zero attached hydrogens (tertiary/aromatic N) is 1. The molecule has 4 nitrogen and oxygen atoms in total. The lowest BCUT2D eigenvalue weighted by Crippen LogP contribution is -2.17. The molecule has 1 aliphatic rings. The second kappa shape index (κ2) is 7.51. The zero-order chi connectivity index (χ0) is 16.9. The molecule has 1 heterocycles. The monoisotopic (exact) mass is 360 g/mol. The van der Waals surface area contributed by atoms with E-state index in [2.05, 4.69) is 10.5 Å². The fraction of sp³-hybridized carbons (Fsp3) is 0.111. The van der Waals surface area contributed by atoms with Crippen LogP contribution in [0.25, 0.3) is 0 Å². The Balaban J connectivity index is 1.85. The van der Waals surface area contributed by atoms with E-state index < -0.39 is 12.1 Å². The molecule has 0 aromatic heterocycles. The van der Waals surface area contributed by atoms with E-state index in [0.717, 1.165) is 11.3 Å². The third kappa shape index (κ3) is 3.78. The SMILES string of the molecule is O=C1O[C@H](C/C(=N/Nc2ccccc2)c2ccccc2)C(Cl)=C1Cl. The highest BCUT2D eigenvalue weighted by Gasteiger charge is 2.33. The summed E-state index contributed by atoms with van der Waals surface area (Å²) in [5, 5.41) is 4.61. The zero-order valence-electron chi connectivity index (χ0n) is 12.6. The lowest BCUT2D eigenvalue weighted by atomic mass is 10.0. The number of anilines is 1. The smallest absolute Gasteiger partial charge is 0.351 e. The highest BCUT2D eigenvalue weighted by Crippen LogP contribution is 2.31. The van der Waals surface area contributed by atoms with E-state index in [1.165, 1.54) is 0 Å². The number of halogens is 2. The van der Waals surface area contributed by atoms with Gasteiger partial charge < -0.3 is 4.74 Å². The molecule has 0 saturated carbocycles. The van der Waals surface area contributed by atoms with Gasteiger partial charge in [-0.1, -0.05) is 71.7 Å². The summed E-state index contributed by atoms with van der Waals surface area (Å²) < 4.78 is 5.20. The van der Waals surface area contributed by atoms with Gasteiger partial charge in [0.25, 0.3) is 0 Å². The minimum absolute atomic E-state index is 0.0647. The Morgan fingerprint density at radius 1 is 1.04 bits per heavy atom. The van der Waals surface area contributed by atoms with Crippen molar-refractivity contribution < 1.29 is 9.53 Å². The van der Waals surface area contributed by atoms with Crippen LogP contribution >= 0.6 is 23.2 Å². The molecule has 3 rings (SSSR count). The number of esters is 1. The maximum atomic E-state index is 11.5. The van der Waals surface area contributed by atoms with Gasteiger partial charge in [0, 0.05) is 6.42 Å². The van der Waals surface area contributed by atoms with E-state index >= 15 is 0 Å². The number of hydrogen-bond acceptors (Lipinski definition) is 4. The lowest BCUT2D eigenvalue weighted by Gasteiger charge is -2.13. The van der Waals surface area contributed by atoms with Crippen LogP contribution in [0.1, 0.15) is 12.0 Å². The lowest BCUT2D eigenvalue weighted by molar-refractivity contribution is -0.138. The Bertz CT molecular complexity index is 789. The van der Waals surface area contributed by atoms with E-state index in [0.29, 0.717) is 12.1 Å². The summed E-state index contributed by atoms with van der Waals surface area (Å²) in [6.45, 7) is 0. The van der Waals surface area contributed by atoms with Crippen molar-refractivity contribution in [3.63, 3.8) is 0 Å². The number of hydrogen-bond donors (Lipinski definition) is 1. The Morgan fingerprint density at radius 2 is 1.67 bits per heavy atom. The first-order valence-electron chi connectivity index (χ1n) is 7.34. The minimum Gasteiger partial charge on any atom is -0.452 e. The summed E-state index contributed by atoms with van der Waals surface area (Å²) in [5.41, 5.74) is 5.48. The number of hydrazone groups is 1. The van der Waals surface area contributed by atoms with Crippen LogP contribution in [0, 0.1) is 0 Å². The molecule has 0 fully saturated rings. The number of carbonyl (C=O) groups is 1. The molecular formula is C18H14Cl2N2O2. The predicted molar refractivity (Wildman–Crippen MR) is 96.3 cm³/mol. The molecule has 2 aromatic rings. The molecule has 0 radical (unpaired) electrons. The maximum absolute atomic E-state index is 11.5. The van der Waals surface area contributed by atoms with E-state index in [1.807, 2.05) is 60.7 Å². The van der Waals surface area contributed by atoms with Gasteiger partial charge in [0.05, 0.1) is 16.4 Å². The fourth-order valence-corrected chi connectivity index (χ4v) is 2.65. The van der Waals surface area contributed by atoms with Crippen molar-refractivity contribution in [1.29, 1.82) is 0 Å². The average Bonchev–Trinajstić information content (AvgIpc) is 2.87. The summed E-state index contributed by atoms with van der Waals surface area (Å²) in [6, 6.07) is 19.2. The van der Waals surface area contributed by atoms with Gasteiger partial charge in [0.2, 0.25) is 0 Å². The quantitative estimate of drug-likeness (QED) is 0.484. The Hall–Kier alpha value is -2.30. The number of benzene rings is 2. The molecule has 122 valence electrons. The van der Waals surface area contributed by atoms with Crippen molar-refractivity contribution in [3.8, 4) is 0 Å². The van der Waals surface area contributed by atoms with Crippen LogP contribution in [-0.2, 0) is 9.53 Å².